The van der Waals surface area contributed by atoms with Gasteiger partial charge in [0.15, 0.2) is 0 Å². The zero-order valence-electron chi connectivity index (χ0n) is 13.6. The van der Waals surface area contributed by atoms with E-state index in [0.29, 0.717) is 16.0 Å². The van der Waals surface area contributed by atoms with Gasteiger partial charge in [-0.05, 0) is 43.0 Å². The molecule has 2 rings (SSSR count). The van der Waals surface area contributed by atoms with Gasteiger partial charge < -0.3 is 9.64 Å². The number of hydrogen-bond acceptors (Lipinski definition) is 2. The molecule has 0 amide bonds. The molecule has 23 heavy (non-hydrogen) atoms. The van der Waals surface area contributed by atoms with Crippen molar-refractivity contribution >= 4 is 35.2 Å². The molecule has 0 spiro atoms. The third-order valence-electron chi connectivity index (χ3n) is 4.14. The van der Waals surface area contributed by atoms with Crippen molar-refractivity contribution in [2.75, 3.05) is 20.6 Å². The smallest absolute Gasteiger partial charge is 0.331 e. The number of quaternary nitrogens is 1. The maximum atomic E-state index is 12.1. The lowest BCUT2D eigenvalue weighted by atomic mass is 9.86. The molecule has 0 radical (unpaired) electrons. The normalized spacial score (nSPS) is 21.8. The Morgan fingerprint density at radius 1 is 1.30 bits per heavy atom. The van der Waals surface area contributed by atoms with E-state index in [-0.39, 0.29) is 12.1 Å². The van der Waals surface area contributed by atoms with E-state index in [1.807, 2.05) is 0 Å². The Bertz CT molecular complexity index is 572. The second-order valence-corrected chi connectivity index (χ2v) is 7.27. The van der Waals surface area contributed by atoms with Crippen molar-refractivity contribution in [3.63, 3.8) is 0 Å². The zero-order chi connectivity index (χ0) is 16.8. The van der Waals surface area contributed by atoms with Gasteiger partial charge in [0, 0.05) is 22.0 Å². The minimum Gasteiger partial charge on any atom is -0.459 e. The van der Waals surface area contributed by atoms with Crippen LogP contribution in [0.2, 0.25) is 10.0 Å². The summed E-state index contributed by atoms with van der Waals surface area (Å²) in [5, 5.41) is 1.10. The maximum Gasteiger partial charge on any atom is 0.331 e. The van der Waals surface area contributed by atoms with Crippen LogP contribution in [0, 0.1) is 5.92 Å². The van der Waals surface area contributed by atoms with Crippen molar-refractivity contribution in [3.8, 4) is 0 Å². The molecule has 1 aliphatic carbocycles. The molecule has 1 fully saturated rings. The Hall–Kier alpha value is -1.03. The fraction of sp³-hybridized carbons (Fsp3) is 0.500. The van der Waals surface area contributed by atoms with Crippen LogP contribution in [0.25, 0.3) is 6.08 Å². The zero-order valence-corrected chi connectivity index (χ0v) is 15.2. The highest BCUT2D eigenvalue weighted by Crippen LogP contribution is 2.26. The van der Waals surface area contributed by atoms with Crippen LogP contribution in [0.15, 0.2) is 24.3 Å². The van der Waals surface area contributed by atoms with Crippen LogP contribution >= 0.6 is 23.2 Å². The highest BCUT2D eigenvalue weighted by atomic mass is 35.5. The molecular formula is C18H24Cl2NO2+. The standard InChI is InChI=1S/C18H23Cl2NO2/c1-21(2)12-14-5-3-4-6-17(14)23-18(22)10-8-13-7-9-15(19)11-16(13)20/h7-11,14,17H,3-6,12H2,1-2H3/p+1/b10-8+/t14-,17-/m1/s1. The first-order chi connectivity index (χ1) is 11.0. The minimum absolute atomic E-state index is 0.0245. The number of rotatable bonds is 5. The SMILES string of the molecule is C[NH+](C)C[C@H]1CCCC[C@H]1OC(=O)/C=C/c1ccc(Cl)cc1Cl. The maximum absolute atomic E-state index is 12.1. The van der Waals surface area contributed by atoms with E-state index in [1.54, 1.807) is 24.3 Å². The van der Waals surface area contributed by atoms with Crippen LogP contribution in [0.3, 0.4) is 0 Å². The summed E-state index contributed by atoms with van der Waals surface area (Å²) >= 11 is 12.0. The average molecular weight is 357 g/mol. The van der Waals surface area contributed by atoms with Gasteiger partial charge in [-0.2, -0.15) is 0 Å². The van der Waals surface area contributed by atoms with E-state index in [1.165, 1.54) is 17.4 Å². The number of ether oxygens (including phenoxy) is 1. The summed E-state index contributed by atoms with van der Waals surface area (Å²) in [6.07, 6.45) is 7.59. The fourth-order valence-corrected chi connectivity index (χ4v) is 3.54. The van der Waals surface area contributed by atoms with Gasteiger partial charge >= 0.3 is 5.97 Å². The van der Waals surface area contributed by atoms with E-state index >= 15 is 0 Å². The van der Waals surface area contributed by atoms with Crippen LogP contribution in [0.4, 0.5) is 0 Å². The summed E-state index contributed by atoms with van der Waals surface area (Å²) in [7, 11) is 4.27. The van der Waals surface area contributed by atoms with Gasteiger partial charge in [-0.1, -0.05) is 35.7 Å². The van der Waals surface area contributed by atoms with E-state index in [0.717, 1.165) is 31.4 Å². The third-order valence-corrected chi connectivity index (χ3v) is 4.70. The lowest BCUT2D eigenvalue weighted by Crippen LogP contribution is -3.06. The average Bonchev–Trinajstić information content (AvgIpc) is 2.48. The molecule has 1 saturated carbocycles. The largest absolute Gasteiger partial charge is 0.459 e. The Balaban J connectivity index is 1.95. The fourth-order valence-electron chi connectivity index (χ4n) is 3.07. The quantitative estimate of drug-likeness (QED) is 0.648. The Morgan fingerprint density at radius 2 is 2.04 bits per heavy atom. The first-order valence-corrected chi connectivity index (χ1v) is 8.84. The number of benzene rings is 1. The summed E-state index contributed by atoms with van der Waals surface area (Å²) in [6.45, 7) is 1.03. The molecule has 2 atom stereocenters. The van der Waals surface area contributed by atoms with E-state index in [4.69, 9.17) is 27.9 Å². The number of halogens is 2. The molecule has 1 aliphatic rings. The highest BCUT2D eigenvalue weighted by molar-refractivity contribution is 6.35. The number of hydrogen-bond donors (Lipinski definition) is 1. The van der Waals surface area contributed by atoms with E-state index in [2.05, 4.69) is 14.1 Å². The van der Waals surface area contributed by atoms with Crippen LogP contribution in [-0.4, -0.2) is 32.7 Å². The van der Waals surface area contributed by atoms with E-state index in [9.17, 15) is 4.79 Å². The second-order valence-electron chi connectivity index (χ2n) is 6.43. The molecule has 126 valence electrons. The molecule has 5 heteroatoms. The first-order valence-electron chi connectivity index (χ1n) is 8.08. The number of carbonyl (C=O) groups excluding carboxylic acids is 1. The topological polar surface area (TPSA) is 30.7 Å². The van der Waals surface area contributed by atoms with Gasteiger partial charge in [-0.15, -0.1) is 0 Å². The van der Waals surface area contributed by atoms with Gasteiger partial charge in [0.05, 0.1) is 20.6 Å². The highest BCUT2D eigenvalue weighted by Gasteiger charge is 2.29. The van der Waals surface area contributed by atoms with Gasteiger partial charge in [0.25, 0.3) is 0 Å². The van der Waals surface area contributed by atoms with E-state index < -0.39 is 0 Å². The molecule has 0 saturated heterocycles. The molecule has 1 aromatic rings. The summed E-state index contributed by atoms with van der Waals surface area (Å²) in [4.78, 5) is 13.5. The number of carbonyl (C=O) groups is 1. The predicted molar refractivity (Wildman–Crippen MR) is 95.0 cm³/mol. The lowest BCUT2D eigenvalue weighted by Gasteiger charge is -2.31. The van der Waals surface area contributed by atoms with Crippen molar-refractivity contribution in [2.45, 2.75) is 31.8 Å². The van der Waals surface area contributed by atoms with Gasteiger partial charge in [0.1, 0.15) is 6.10 Å². The summed E-state index contributed by atoms with van der Waals surface area (Å²) in [5.41, 5.74) is 0.756. The summed E-state index contributed by atoms with van der Waals surface area (Å²) in [5.74, 6) is 0.145. The Labute approximate surface area is 148 Å². The number of esters is 1. The molecule has 0 bridgehead atoms. The number of nitrogens with one attached hydrogen (secondary N) is 1. The molecule has 3 nitrogen and oxygen atoms in total. The van der Waals surface area contributed by atoms with Gasteiger partial charge in [0.2, 0.25) is 0 Å². The molecule has 1 N–H and O–H groups in total. The molecule has 0 heterocycles. The lowest BCUT2D eigenvalue weighted by molar-refractivity contribution is -0.862. The van der Waals surface area contributed by atoms with Crippen LogP contribution < -0.4 is 4.90 Å². The molecule has 0 aliphatic heterocycles. The van der Waals surface area contributed by atoms with Gasteiger partial charge in [-0.3, -0.25) is 0 Å². The predicted octanol–water partition coefficient (Wildman–Crippen LogP) is 3.25. The Kier molecular flexibility index (Phi) is 6.94. The van der Waals surface area contributed by atoms with Crippen molar-refractivity contribution in [2.24, 2.45) is 5.92 Å². The first kappa shape index (κ1) is 18.3. The third kappa shape index (κ3) is 5.83. The van der Waals surface area contributed by atoms with Crippen LogP contribution in [0.1, 0.15) is 31.2 Å². The van der Waals surface area contributed by atoms with Gasteiger partial charge in [-0.25, -0.2) is 4.79 Å². The summed E-state index contributed by atoms with van der Waals surface area (Å²) in [6, 6.07) is 5.19. The monoisotopic (exact) mass is 356 g/mol. The second kappa shape index (κ2) is 8.72. The molecular weight excluding hydrogens is 333 g/mol. The van der Waals surface area contributed by atoms with Crippen molar-refractivity contribution in [3.05, 3.63) is 39.9 Å². The molecule has 1 aromatic carbocycles. The molecule has 0 aromatic heterocycles. The van der Waals surface area contributed by atoms with Crippen LogP contribution in [0.5, 0.6) is 0 Å². The van der Waals surface area contributed by atoms with Crippen LogP contribution in [-0.2, 0) is 9.53 Å². The van der Waals surface area contributed by atoms with Crippen molar-refractivity contribution in [1.82, 2.24) is 0 Å². The Morgan fingerprint density at radius 3 is 2.74 bits per heavy atom. The summed E-state index contributed by atoms with van der Waals surface area (Å²) < 4.78 is 5.68. The van der Waals surface area contributed by atoms with Crippen molar-refractivity contribution in [1.29, 1.82) is 0 Å². The molecule has 0 unspecified atom stereocenters. The minimum atomic E-state index is -0.304. The van der Waals surface area contributed by atoms with Crippen molar-refractivity contribution < 1.29 is 14.4 Å².